The number of aliphatic carboxylic acids is 1. The topological polar surface area (TPSA) is 55.8 Å². The van der Waals surface area contributed by atoms with Crippen LogP contribution >= 0.6 is 0 Å². The number of ether oxygens (including phenoxy) is 2. The highest BCUT2D eigenvalue weighted by Gasteiger charge is 2.34. The molecule has 1 unspecified atom stereocenters. The lowest BCUT2D eigenvalue weighted by Crippen LogP contribution is -2.25. The van der Waals surface area contributed by atoms with Crippen LogP contribution in [0.5, 0.6) is 11.5 Å². The van der Waals surface area contributed by atoms with Crippen molar-refractivity contribution in [3.63, 3.8) is 0 Å². The number of rotatable bonds is 6. The van der Waals surface area contributed by atoms with Crippen LogP contribution in [0.25, 0.3) is 0 Å². The fourth-order valence-electron chi connectivity index (χ4n) is 3.28. The Hall–Kier alpha value is -2.70. The Morgan fingerprint density at radius 1 is 1.21 bits per heavy atom. The Morgan fingerprint density at radius 3 is 2.46 bits per heavy atom. The molecular weight excluding hydrogens is 373 g/mol. The van der Waals surface area contributed by atoms with E-state index in [-0.39, 0.29) is 24.3 Å². The molecule has 0 radical (unpaired) electrons. The van der Waals surface area contributed by atoms with Gasteiger partial charge in [0.15, 0.2) is 29.0 Å². The van der Waals surface area contributed by atoms with Crippen LogP contribution in [0.4, 0.5) is 13.2 Å². The second kappa shape index (κ2) is 7.37. The molecule has 2 aromatic carbocycles. The normalized spacial score (nSPS) is 15.6. The minimum atomic E-state index is -1.04. The lowest BCUT2D eigenvalue weighted by Gasteiger charge is -2.16. The van der Waals surface area contributed by atoms with Gasteiger partial charge in [-0.15, -0.1) is 0 Å². The molecular formula is C21H21F3O4. The number of hydrogen-bond donors (Lipinski definition) is 1. The highest BCUT2D eigenvalue weighted by molar-refractivity contribution is 5.69. The first-order chi connectivity index (χ1) is 13.1. The number of hydrogen-bond acceptors (Lipinski definition) is 3. The van der Waals surface area contributed by atoms with Gasteiger partial charge in [0.1, 0.15) is 12.2 Å². The van der Waals surface area contributed by atoms with Gasteiger partial charge in [-0.2, -0.15) is 0 Å². The van der Waals surface area contributed by atoms with Crippen LogP contribution < -0.4 is 9.47 Å². The molecule has 0 bridgehead atoms. The molecule has 1 N–H and O–H groups in total. The number of carboxylic acids is 1. The molecule has 0 aromatic heterocycles. The van der Waals surface area contributed by atoms with Gasteiger partial charge in [-0.3, -0.25) is 4.79 Å². The molecule has 2 aromatic rings. The molecule has 0 fully saturated rings. The summed E-state index contributed by atoms with van der Waals surface area (Å²) in [5.74, 6) is -4.54. The monoisotopic (exact) mass is 394 g/mol. The third-order valence-electron chi connectivity index (χ3n) is 4.68. The van der Waals surface area contributed by atoms with Crippen molar-refractivity contribution in [2.45, 2.75) is 45.8 Å². The first kappa shape index (κ1) is 20.0. The summed E-state index contributed by atoms with van der Waals surface area (Å²) >= 11 is 0. The van der Waals surface area contributed by atoms with Gasteiger partial charge >= 0.3 is 5.97 Å². The highest BCUT2D eigenvalue weighted by Crippen LogP contribution is 2.39. The zero-order chi connectivity index (χ0) is 20.6. The third-order valence-corrected chi connectivity index (χ3v) is 4.68. The van der Waals surface area contributed by atoms with Crippen molar-refractivity contribution in [3.05, 3.63) is 58.4 Å². The van der Waals surface area contributed by atoms with Gasteiger partial charge in [0.05, 0.1) is 5.92 Å². The fraction of sp³-hybridized carbons (Fsp3) is 0.381. The maximum Gasteiger partial charge on any atom is 0.306 e. The Labute approximate surface area is 160 Å². The summed E-state index contributed by atoms with van der Waals surface area (Å²) in [6.07, 6.45) is 0.455. The van der Waals surface area contributed by atoms with Crippen LogP contribution in [0.2, 0.25) is 0 Å². The maximum atomic E-state index is 14.3. The average Bonchev–Trinajstić information content (AvgIpc) is 2.92. The SMILES string of the molecule is CC(Cc1cc(F)c(OCc2ccc(F)c3c2CC(C)(C)O3)c(F)c1)C(=O)O. The zero-order valence-electron chi connectivity index (χ0n) is 15.8. The van der Waals surface area contributed by atoms with E-state index in [9.17, 15) is 18.0 Å². The highest BCUT2D eigenvalue weighted by atomic mass is 19.1. The van der Waals surface area contributed by atoms with E-state index < -0.39 is 40.7 Å². The van der Waals surface area contributed by atoms with Crippen LogP contribution in [-0.4, -0.2) is 16.7 Å². The minimum absolute atomic E-state index is 0.00133. The van der Waals surface area contributed by atoms with Crippen LogP contribution in [0.3, 0.4) is 0 Å². The predicted octanol–water partition coefficient (Wildman–Crippen LogP) is 4.66. The zero-order valence-corrected chi connectivity index (χ0v) is 15.8. The second-order valence-corrected chi connectivity index (χ2v) is 7.67. The standard InChI is InChI=1S/C21H21F3O4/c1-11(20(25)26)6-12-7-16(23)19(17(24)8-12)27-10-13-4-5-15(22)18-14(13)9-21(2,3)28-18/h4-5,7-8,11H,6,9-10H2,1-3H3,(H,25,26). The van der Waals surface area contributed by atoms with Crippen molar-refractivity contribution in [1.82, 2.24) is 0 Å². The van der Waals surface area contributed by atoms with E-state index in [1.54, 1.807) is 0 Å². The molecule has 1 heterocycles. The summed E-state index contributed by atoms with van der Waals surface area (Å²) in [5.41, 5.74) is 0.871. The number of carbonyl (C=O) groups is 1. The molecule has 0 saturated carbocycles. The second-order valence-electron chi connectivity index (χ2n) is 7.67. The number of carboxylic acid groups (broad SMARTS) is 1. The summed E-state index contributed by atoms with van der Waals surface area (Å²) in [4.78, 5) is 10.9. The Bertz CT molecular complexity index is 901. The Kier molecular flexibility index (Phi) is 5.28. The molecule has 0 aliphatic carbocycles. The predicted molar refractivity (Wildman–Crippen MR) is 96.0 cm³/mol. The van der Waals surface area contributed by atoms with Gasteiger partial charge in [-0.05, 0) is 49.6 Å². The van der Waals surface area contributed by atoms with E-state index in [1.165, 1.54) is 19.1 Å². The summed E-state index contributed by atoms with van der Waals surface area (Å²) in [5, 5.41) is 8.93. The quantitative estimate of drug-likeness (QED) is 0.774. The van der Waals surface area contributed by atoms with E-state index >= 15 is 0 Å². The van der Waals surface area contributed by atoms with Crippen molar-refractivity contribution in [2.75, 3.05) is 0 Å². The van der Waals surface area contributed by atoms with E-state index in [1.807, 2.05) is 13.8 Å². The van der Waals surface area contributed by atoms with Gasteiger partial charge in [-0.1, -0.05) is 13.0 Å². The van der Waals surface area contributed by atoms with Crippen molar-refractivity contribution >= 4 is 5.97 Å². The van der Waals surface area contributed by atoms with E-state index in [4.69, 9.17) is 14.6 Å². The average molecular weight is 394 g/mol. The molecule has 3 rings (SSSR count). The molecule has 1 atom stereocenters. The summed E-state index contributed by atoms with van der Waals surface area (Å²) in [6, 6.07) is 4.89. The Morgan fingerprint density at radius 2 is 1.86 bits per heavy atom. The Balaban J connectivity index is 1.79. The van der Waals surface area contributed by atoms with Crippen molar-refractivity contribution < 1.29 is 32.5 Å². The van der Waals surface area contributed by atoms with Crippen molar-refractivity contribution in [3.8, 4) is 11.5 Å². The lowest BCUT2D eigenvalue weighted by atomic mass is 9.97. The molecule has 1 aliphatic rings. The number of fused-ring (bicyclic) bond motifs is 1. The molecule has 7 heteroatoms. The molecule has 150 valence electrons. The summed E-state index contributed by atoms with van der Waals surface area (Å²) in [7, 11) is 0. The smallest absolute Gasteiger partial charge is 0.306 e. The van der Waals surface area contributed by atoms with E-state index in [0.29, 0.717) is 17.5 Å². The molecule has 28 heavy (non-hydrogen) atoms. The van der Waals surface area contributed by atoms with Gasteiger partial charge in [-0.25, -0.2) is 13.2 Å². The van der Waals surface area contributed by atoms with Gasteiger partial charge in [0.25, 0.3) is 0 Å². The molecule has 0 saturated heterocycles. The largest absolute Gasteiger partial charge is 0.484 e. The van der Waals surface area contributed by atoms with Crippen molar-refractivity contribution in [1.29, 1.82) is 0 Å². The molecule has 0 spiro atoms. The third kappa shape index (κ3) is 4.08. The first-order valence-corrected chi connectivity index (χ1v) is 8.90. The van der Waals surface area contributed by atoms with E-state index in [2.05, 4.69) is 0 Å². The van der Waals surface area contributed by atoms with Gasteiger partial charge < -0.3 is 14.6 Å². The maximum absolute atomic E-state index is 14.3. The van der Waals surface area contributed by atoms with Gasteiger partial charge in [0.2, 0.25) is 0 Å². The number of halogens is 3. The molecule has 0 amide bonds. The molecule has 1 aliphatic heterocycles. The minimum Gasteiger partial charge on any atom is -0.484 e. The van der Waals surface area contributed by atoms with Crippen molar-refractivity contribution in [2.24, 2.45) is 5.92 Å². The van der Waals surface area contributed by atoms with Crippen LogP contribution in [0, 0.1) is 23.4 Å². The van der Waals surface area contributed by atoms with Crippen LogP contribution in [-0.2, 0) is 24.2 Å². The number of benzene rings is 2. The van der Waals surface area contributed by atoms with Crippen LogP contribution in [0.15, 0.2) is 24.3 Å². The van der Waals surface area contributed by atoms with E-state index in [0.717, 1.165) is 12.1 Å². The summed E-state index contributed by atoms with van der Waals surface area (Å²) < 4.78 is 53.6. The van der Waals surface area contributed by atoms with Gasteiger partial charge in [0, 0.05) is 12.0 Å². The molecule has 4 nitrogen and oxygen atoms in total. The summed E-state index contributed by atoms with van der Waals surface area (Å²) in [6.45, 7) is 4.96. The fourth-order valence-corrected chi connectivity index (χ4v) is 3.28. The lowest BCUT2D eigenvalue weighted by molar-refractivity contribution is -0.141. The first-order valence-electron chi connectivity index (χ1n) is 8.90. The van der Waals surface area contributed by atoms with Crippen LogP contribution in [0.1, 0.15) is 37.5 Å².